The fraction of sp³-hybridized carbons (Fsp3) is 0.526. The molecule has 0 bridgehead atoms. The van der Waals surface area contributed by atoms with Crippen LogP contribution in [0.25, 0.3) is 10.9 Å². The molecule has 24 heavy (non-hydrogen) atoms. The molecule has 0 N–H and O–H groups in total. The predicted octanol–water partition coefficient (Wildman–Crippen LogP) is 2.69. The van der Waals surface area contributed by atoms with Crippen LogP contribution in [-0.2, 0) is 20.8 Å². The summed E-state index contributed by atoms with van der Waals surface area (Å²) in [5.74, 6) is 0.0160. The van der Waals surface area contributed by atoms with Crippen LogP contribution >= 0.6 is 0 Å². The SMILES string of the molecule is CN(CCn1ccc2ccccc21)C(=O)COC[C@@H]1CCCCO1. The molecule has 1 aromatic carbocycles. The first-order valence-corrected chi connectivity index (χ1v) is 8.71. The average molecular weight is 330 g/mol. The Hall–Kier alpha value is -1.85. The van der Waals surface area contributed by atoms with E-state index in [2.05, 4.69) is 29.0 Å². The Morgan fingerprint density at radius 2 is 2.21 bits per heavy atom. The molecule has 1 fully saturated rings. The van der Waals surface area contributed by atoms with E-state index in [0.29, 0.717) is 13.2 Å². The predicted molar refractivity (Wildman–Crippen MR) is 94.0 cm³/mol. The lowest BCUT2D eigenvalue weighted by Gasteiger charge is -2.23. The van der Waals surface area contributed by atoms with Gasteiger partial charge < -0.3 is 18.9 Å². The van der Waals surface area contributed by atoms with Crippen molar-refractivity contribution in [3.05, 3.63) is 36.5 Å². The lowest BCUT2D eigenvalue weighted by atomic mass is 10.1. The Morgan fingerprint density at radius 1 is 1.33 bits per heavy atom. The van der Waals surface area contributed by atoms with Gasteiger partial charge in [0.2, 0.25) is 5.91 Å². The quantitative estimate of drug-likeness (QED) is 0.784. The number of likely N-dealkylation sites (N-methyl/N-ethyl adjacent to an activating group) is 1. The zero-order chi connectivity index (χ0) is 16.8. The van der Waals surface area contributed by atoms with Gasteiger partial charge in [-0.25, -0.2) is 0 Å². The molecule has 1 atom stereocenters. The molecular weight excluding hydrogens is 304 g/mol. The molecule has 2 heterocycles. The largest absolute Gasteiger partial charge is 0.376 e. The second-order valence-electron chi connectivity index (χ2n) is 6.39. The third kappa shape index (κ3) is 4.36. The average Bonchev–Trinajstić information content (AvgIpc) is 3.03. The molecule has 0 unspecified atom stereocenters. The molecule has 1 aromatic heterocycles. The molecule has 0 aliphatic carbocycles. The van der Waals surface area contributed by atoms with E-state index in [-0.39, 0.29) is 18.6 Å². The summed E-state index contributed by atoms with van der Waals surface area (Å²) in [5.41, 5.74) is 1.20. The summed E-state index contributed by atoms with van der Waals surface area (Å²) in [6.45, 7) is 2.90. The van der Waals surface area contributed by atoms with Crippen LogP contribution in [0.3, 0.4) is 0 Å². The van der Waals surface area contributed by atoms with Crippen molar-refractivity contribution in [3.63, 3.8) is 0 Å². The maximum absolute atomic E-state index is 12.2. The number of fused-ring (bicyclic) bond motifs is 1. The second-order valence-corrected chi connectivity index (χ2v) is 6.39. The van der Waals surface area contributed by atoms with Crippen molar-refractivity contribution in [2.75, 3.05) is 33.4 Å². The molecule has 1 amide bonds. The highest BCUT2D eigenvalue weighted by molar-refractivity contribution is 5.80. The van der Waals surface area contributed by atoms with Gasteiger partial charge in [0.15, 0.2) is 0 Å². The summed E-state index contributed by atoms with van der Waals surface area (Å²) in [7, 11) is 1.83. The zero-order valence-corrected chi connectivity index (χ0v) is 14.3. The molecule has 1 aliphatic heterocycles. The number of hydrogen-bond acceptors (Lipinski definition) is 3. The van der Waals surface area contributed by atoms with Crippen LogP contribution < -0.4 is 0 Å². The van der Waals surface area contributed by atoms with Gasteiger partial charge >= 0.3 is 0 Å². The lowest BCUT2D eigenvalue weighted by Crippen LogP contribution is -2.34. The molecule has 0 radical (unpaired) electrons. The third-order valence-corrected chi connectivity index (χ3v) is 4.59. The van der Waals surface area contributed by atoms with Crippen LogP contribution in [-0.4, -0.2) is 54.9 Å². The Kier molecular flexibility index (Phi) is 5.88. The third-order valence-electron chi connectivity index (χ3n) is 4.59. The summed E-state index contributed by atoms with van der Waals surface area (Å²) < 4.78 is 13.3. The molecule has 1 aliphatic rings. The van der Waals surface area contributed by atoms with Gasteiger partial charge in [-0.2, -0.15) is 0 Å². The highest BCUT2D eigenvalue weighted by Gasteiger charge is 2.15. The number of amides is 1. The van der Waals surface area contributed by atoms with E-state index in [9.17, 15) is 4.79 Å². The number of carbonyl (C=O) groups excluding carboxylic acids is 1. The smallest absolute Gasteiger partial charge is 0.248 e. The van der Waals surface area contributed by atoms with Crippen molar-refractivity contribution >= 4 is 16.8 Å². The molecule has 5 nitrogen and oxygen atoms in total. The van der Waals surface area contributed by atoms with Crippen molar-refractivity contribution in [1.82, 2.24) is 9.47 Å². The summed E-state index contributed by atoms with van der Waals surface area (Å²) in [4.78, 5) is 13.9. The van der Waals surface area contributed by atoms with E-state index in [1.54, 1.807) is 4.90 Å². The van der Waals surface area contributed by atoms with Crippen LogP contribution in [0, 0.1) is 0 Å². The number of nitrogens with zero attached hydrogens (tertiary/aromatic N) is 2. The maximum atomic E-state index is 12.2. The van der Waals surface area contributed by atoms with E-state index in [1.165, 1.54) is 17.3 Å². The molecule has 0 saturated carbocycles. The van der Waals surface area contributed by atoms with Gasteiger partial charge in [0, 0.05) is 38.5 Å². The number of rotatable bonds is 7. The summed E-state index contributed by atoms with van der Waals surface area (Å²) in [5, 5.41) is 1.22. The molecular formula is C19H26N2O3. The Morgan fingerprint density at radius 3 is 3.04 bits per heavy atom. The standard InChI is InChI=1S/C19H26N2O3/c1-20(19(22)15-23-14-17-7-4-5-13-24-17)11-12-21-10-9-16-6-2-3-8-18(16)21/h2-3,6,8-10,17H,4-5,7,11-15H2,1H3/t17-/m0/s1. The molecule has 2 aromatic rings. The summed E-state index contributed by atoms with van der Waals surface area (Å²) >= 11 is 0. The highest BCUT2D eigenvalue weighted by atomic mass is 16.5. The zero-order valence-electron chi connectivity index (χ0n) is 14.3. The Labute approximate surface area is 143 Å². The van der Waals surface area contributed by atoms with Gasteiger partial charge in [-0.15, -0.1) is 0 Å². The molecule has 0 spiro atoms. The normalized spacial score (nSPS) is 18.0. The van der Waals surface area contributed by atoms with Crippen molar-refractivity contribution in [3.8, 4) is 0 Å². The van der Waals surface area contributed by atoms with Crippen molar-refractivity contribution in [2.24, 2.45) is 0 Å². The first-order valence-electron chi connectivity index (χ1n) is 8.71. The minimum atomic E-state index is 0.0160. The first-order chi connectivity index (χ1) is 11.7. The van der Waals surface area contributed by atoms with Crippen molar-refractivity contribution in [1.29, 1.82) is 0 Å². The number of para-hydroxylation sites is 1. The molecule has 130 valence electrons. The maximum Gasteiger partial charge on any atom is 0.248 e. The number of aromatic nitrogens is 1. The Bertz CT molecular complexity index is 661. The van der Waals surface area contributed by atoms with Crippen LogP contribution in [0.1, 0.15) is 19.3 Å². The first kappa shape index (κ1) is 17.0. The minimum Gasteiger partial charge on any atom is -0.376 e. The van der Waals surface area contributed by atoms with Crippen LogP contribution in [0.2, 0.25) is 0 Å². The van der Waals surface area contributed by atoms with Crippen LogP contribution in [0.5, 0.6) is 0 Å². The summed E-state index contributed by atoms with van der Waals surface area (Å²) in [6, 6.07) is 10.4. The van der Waals surface area contributed by atoms with E-state index >= 15 is 0 Å². The highest BCUT2D eigenvalue weighted by Crippen LogP contribution is 2.15. The van der Waals surface area contributed by atoms with Crippen molar-refractivity contribution < 1.29 is 14.3 Å². The van der Waals surface area contributed by atoms with E-state index in [0.717, 1.165) is 26.0 Å². The fourth-order valence-electron chi connectivity index (χ4n) is 3.04. The van der Waals surface area contributed by atoms with Crippen LogP contribution in [0.4, 0.5) is 0 Å². The topological polar surface area (TPSA) is 43.7 Å². The molecule has 5 heteroatoms. The monoisotopic (exact) mass is 330 g/mol. The number of ether oxygens (including phenoxy) is 2. The van der Waals surface area contributed by atoms with Gasteiger partial charge in [0.1, 0.15) is 6.61 Å². The molecule has 1 saturated heterocycles. The number of hydrogen-bond donors (Lipinski definition) is 0. The van der Waals surface area contributed by atoms with E-state index < -0.39 is 0 Å². The van der Waals surface area contributed by atoms with Gasteiger partial charge in [0.05, 0.1) is 12.7 Å². The number of carbonyl (C=O) groups is 1. The van der Waals surface area contributed by atoms with Gasteiger partial charge in [-0.3, -0.25) is 4.79 Å². The van der Waals surface area contributed by atoms with Crippen molar-refractivity contribution in [2.45, 2.75) is 31.9 Å². The van der Waals surface area contributed by atoms with E-state index in [4.69, 9.17) is 9.47 Å². The van der Waals surface area contributed by atoms with Gasteiger partial charge in [-0.1, -0.05) is 18.2 Å². The molecule has 3 rings (SSSR count). The number of benzene rings is 1. The minimum absolute atomic E-state index is 0.0160. The van der Waals surface area contributed by atoms with Gasteiger partial charge in [-0.05, 0) is 36.8 Å². The second kappa shape index (κ2) is 8.31. The lowest BCUT2D eigenvalue weighted by molar-refractivity contribution is -0.137. The Balaban J connectivity index is 1.41. The van der Waals surface area contributed by atoms with Crippen LogP contribution in [0.15, 0.2) is 36.5 Å². The van der Waals surface area contributed by atoms with Gasteiger partial charge in [0.25, 0.3) is 0 Å². The van der Waals surface area contributed by atoms with E-state index in [1.807, 2.05) is 19.2 Å². The fourth-order valence-corrected chi connectivity index (χ4v) is 3.04. The summed E-state index contributed by atoms with van der Waals surface area (Å²) in [6.07, 6.45) is 5.58.